The van der Waals surface area contributed by atoms with E-state index < -0.39 is 0 Å². The van der Waals surface area contributed by atoms with Crippen molar-refractivity contribution in [2.75, 3.05) is 12.4 Å². The van der Waals surface area contributed by atoms with Gasteiger partial charge in [-0.3, -0.25) is 4.79 Å². The molecule has 2 nitrogen and oxygen atoms in total. The Morgan fingerprint density at radius 1 is 1.35 bits per heavy atom. The maximum Gasteiger partial charge on any atom is 0.251 e. The molecule has 94 valence electrons. The molecule has 3 heteroatoms. The number of carbonyl (C=O) groups excluding carboxylic acids is 1. The average Bonchev–Trinajstić information content (AvgIpc) is 2.36. The molecule has 0 aromatic heterocycles. The second kappa shape index (κ2) is 7.33. The van der Waals surface area contributed by atoms with Crippen LogP contribution in [0.2, 0.25) is 0 Å². The van der Waals surface area contributed by atoms with Crippen molar-refractivity contribution in [3.63, 3.8) is 0 Å². The van der Waals surface area contributed by atoms with E-state index >= 15 is 0 Å². The lowest BCUT2D eigenvalue weighted by Gasteiger charge is -2.11. The fourth-order valence-electron chi connectivity index (χ4n) is 1.55. The van der Waals surface area contributed by atoms with Gasteiger partial charge in [0.2, 0.25) is 0 Å². The molecule has 1 amide bonds. The van der Waals surface area contributed by atoms with E-state index in [0.717, 1.165) is 18.4 Å². The molecule has 0 aliphatic heterocycles. The van der Waals surface area contributed by atoms with Gasteiger partial charge in [0.05, 0.1) is 0 Å². The molecule has 0 saturated carbocycles. The number of hydrogen-bond donors (Lipinski definition) is 1. The summed E-state index contributed by atoms with van der Waals surface area (Å²) in [5.41, 5.74) is 1.97. The molecule has 1 unspecified atom stereocenters. The van der Waals surface area contributed by atoms with Crippen LogP contribution in [-0.2, 0) is 6.42 Å². The van der Waals surface area contributed by atoms with E-state index in [9.17, 15) is 4.79 Å². The third-order valence-electron chi connectivity index (χ3n) is 2.84. The van der Waals surface area contributed by atoms with Gasteiger partial charge in [0.25, 0.3) is 5.91 Å². The van der Waals surface area contributed by atoms with E-state index in [2.05, 4.69) is 19.2 Å². The summed E-state index contributed by atoms with van der Waals surface area (Å²) in [6, 6.07) is 7.75. The molecule has 0 aliphatic rings. The van der Waals surface area contributed by atoms with Crippen LogP contribution in [0.4, 0.5) is 0 Å². The zero-order valence-corrected chi connectivity index (χ0v) is 11.3. The zero-order chi connectivity index (χ0) is 12.7. The molecular weight excluding hydrogens is 234 g/mol. The first-order valence-corrected chi connectivity index (χ1v) is 6.64. The molecule has 1 aromatic carbocycles. The highest BCUT2D eigenvalue weighted by Crippen LogP contribution is 2.06. The molecule has 1 N–H and O–H groups in total. The number of aryl methyl sites for hydroxylation is 1. The predicted molar refractivity (Wildman–Crippen MR) is 72.7 cm³/mol. The number of nitrogens with one attached hydrogen (secondary N) is 1. The first kappa shape index (κ1) is 14.0. The van der Waals surface area contributed by atoms with Crippen LogP contribution >= 0.6 is 11.6 Å². The van der Waals surface area contributed by atoms with Crippen LogP contribution in [0.3, 0.4) is 0 Å². The summed E-state index contributed by atoms with van der Waals surface area (Å²) in [6.45, 7) is 4.87. The highest BCUT2D eigenvalue weighted by atomic mass is 35.5. The molecule has 0 bridgehead atoms. The van der Waals surface area contributed by atoms with Gasteiger partial charge in [-0.15, -0.1) is 11.6 Å². The van der Waals surface area contributed by atoms with Crippen LogP contribution in [-0.4, -0.2) is 18.3 Å². The maximum absolute atomic E-state index is 11.8. The van der Waals surface area contributed by atoms with Crippen molar-refractivity contribution < 1.29 is 4.79 Å². The minimum absolute atomic E-state index is 0.00549. The molecule has 0 spiro atoms. The molecule has 1 atom stereocenters. The first-order chi connectivity index (χ1) is 8.17. The van der Waals surface area contributed by atoms with Gasteiger partial charge >= 0.3 is 0 Å². The van der Waals surface area contributed by atoms with Crippen molar-refractivity contribution in [3.8, 4) is 0 Å². The third kappa shape index (κ3) is 4.78. The topological polar surface area (TPSA) is 29.1 Å². The van der Waals surface area contributed by atoms with E-state index in [-0.39, 0.29) is 5.91 Å². The first-order valence-electron chi connectivity index (χ1n) is 6.10. The SMILES string of the molecule is CCc1ccc(C(=O)NCC(C)CCCl)cc1. The Labute approximate surface area is 108 Å². The van der Waals surface area contributed by atoms with E-state index in [1.807, 2.05) is 24.3 Å². The molecule has 17 heavy (non-hydrogen) atoms. The van der Waals surface area contributed by atoms with Crippen LogP contribution in [0.1, 0.15) is 36.2 Å². The fourth-order valence-corrected chi connectivity index (χ4v) is 1.92. The molecule has 0 radical (unpaired) electrons. The maximum atomic E-state index is 11.8. The Morgan fingerprint density at radius 2 is 2.00 bits per heavy atom. The Balaban J connectivity index is 2.46. The number of halogens is 1. The van der Waals surface area contributed by atoms with E-state index in [4.69, 9.17) is 11.6 Å². The summed E-state index contributed by atoms with van der Waals surface area (Å²) in [6.07, 6.45) is 1.92. The van der Waals surface area contributed by atoms with E-state index in [1.165, 1.54) is 5.56 Å². The van der Waals surface area contributed by atoms with E-state index in [1.54, 1.807) is 0 Å². The van der Waals surface area contributed by atoms with Crippen molar-refractivity contribution in [3.05, 3.63) is 35.4 Å². The summed E-state index contributed by atoms with van der Waals surface area (Å²) in [5.74, 6) is 1.06. The minimum Gasteiger partial charge on any atom is -0.352 e. The average molecular weight is 254 g/mol. The second-order valence-corrected chi connectivity index (χ2v) is 4.72. The quantitative estimate of drug-likeness (QED) is 0.775. The van der Waals surface area contributed by atoms with Gasteiger partial charge in [0.1, 0.15) is 0 Å². The van der Waals surface area contributed by atoms with Gasteiger partial charge in [0, 0.05) is 18.0 Å². The van der Waals surface area contributed by atoms with Crippen LogP contribution in [0.5, 0.6) is 0 Å². The summed E-state index contributed by atoms with van der Waals surface area (Å²) in [7, 11) is 0. The lowest BCUT2D eigenvalue weighted by Crippen LogP contribution is -2.28. The van der Waals surface area contributed by atoms with Crippen LogP contribution in [0, 0.1) is 5.92 Å². The third-order valence-corrected chi connectivity index (χ3v) is 3.06. The van der Waals surface area contributed by atoms with Crippen molar-refractivity contribution in [1.82, 2.24) is 5.32 Å². The highest BCUT2D eigenvalue weighted by Gasteiger charge is 2.07. The van der Waals surface area contributed by atoms with Crippen molar-refractivity contribution in [2.45, 2.75) is 26.7 Å². The second-order valence-electron chi connectivity index (χ2n) is 4.34. The van der Waals surface area contributed by atoms with Crippen molar-refractivity contribution >= 4 is 17.5 Å². The number of hydrogen-bond acceptors (Lipinski definition) is 1. The van der Waals surface area contributed by atoms with Gasteiger partial charge < -0.3 is 5.32 Å². The molecule has 0 heterocycles. The largest absolute Gasteiger partial charge is 0.352 e. The lowest BCUT2D eigenvalue weighted by atomic mass is 10.1. The molecule has 0 fully saturated rings. The number of carbonyl (C=O) groups is 1. The highest BCUT2D eigenvalue weighted by molar-refractivity contribution is 6.17. The normalized spacial score (nSPS) is 12.2. The van der Waals surface area contributed by atoms with Crippen molar-refractivity contribution in [2.24, 2.45) is 5.92 Å². The number of alkyl halides is 1. The monoisotopic (exact) mass is 253 g/mol. The summed E-state index contributed by atoms with van der Waals surface area (Å²) < 4.78 is 0. The summed E-state index contributed by atoms with van der Waals surface area (Å²) in [5, 5.41) is 2.92. The molecule has 0 aliphatic carbocycles. The van der Waals surface area contributed by atoms with Gasteiger partial charge in [-0.1, -0.05) is 26.0 Å². The van der Waals surface area contributed by atoms with Crippen LogP contribution in [0.25, 0.3) is 0 Å². The molecule has 1 rings (SSSR count). The summed E-state index contributed by atoms with van der Waals surface area (Å²) >= 11 is 5.65. The number of amides is 1. The lowest BCUT2D eigenvalue weighted by molar-refractivity contribution is 0.0948. The standard InChI is InChI=1S/C14H20ClNO/c1-3-12-4-6-13(7-5-12)14(17)16-10-11(2)8-9-15/h4-7,11H,3,8-10H2,1-2H3,(H,16,17). The smallest absolute Gasteiger partial charge is 0.251 e. The Hall–Kier alpha value is -1.02. The van der Waals surface area contributed by atoms with E-state index in [0.29, 0.717) is 18.3 Å². The minimum atomic E-state index is -0.00549. The Morgan fingerprint density at radius 3 is 2.53 bits per heavy atom. The van der Waals surface area contributed by atoms with Gasteiger partial charge in [-0.05, 0) is 36.5 Å². The zero-order valence-electron chi connectivity index (χ0n) is 10.5. The molecule has 1 aromatic rings. The number of benzene rings is 1. The summed E-state index contributed by atoms with van der Waals surface area (Å²) in [4.78, 5) is 11.8. The molecule has 0 saturated heterocycles. The van der Waals surface area contributed by atoms with Gasteiger partial charge in [-0.25, -0.2) is 0 Å². The van der Waals surface area contributed by atoms with Crippen LogP contribution < -0.4 is 5.32 Å². The Kier molecular flexibility index (Phi) is 6.06. The van der Waals surface area contributed by atoms with Gasteiger partial charge in [-0.2, -0.15) is 0 Å². The predicted octanol–water partition coefficient (Wildman–Crippen LogP) is 3.24. The number of rotatable bonds is 6. The van der Waals surface area contributed by atoms with Crippen molar-refractivity contribution in [1.29, 1.82) is 0 Å². The van der Waals surface area contributed by atoms with Crippen LogP contribution in [0.15, 0.2) is 24.3 Å². The molecular formula is C14H20ClNO. The Bertz CT molecular complexity index is 348. The van der Waals surface area contributed by atoms with Gasteiger partial charge in [0.15, 0.2) is 0 Å². The fraction of sp³-hybridized carbons (Fsp3) is 0.500.